The fourth-order valence-electron chi connectivity index (χ4n) is 4.08. The number of carbonyl (C=O) groups excluding carboxylic acids is 1. The van der Waals surface area contributed by atoms with Crippen molar-refractivity contribution in [3.8, 4) is 34.3 Å². The van der Waals surface area contributed by atoms with Crippen molar-refractivity contribution in [3.05, 3.63) is 83.5 Å². The third kappa shape index (κ3) is 4.43. The maximum absolute atomic E-state index is 12.9. The molecule has 0 fully saturated rings. The van der Waals surface area contributed by atoms with E-state index in [1.807, 2.05) is 72.1 Å². The molecule has 0 unspecified atom stereocenters. The molecule has 4 aromatic heterocycles. The average molecular weight is 526 g/mol. The fraction of sp³-hybridized carbons (Fsp3) is 0.148. The zero-order valence-electron chi connectivity index (χ0n) is 20.7. The van der Waals surface area contributed by atoms with Gasteiger partial charge in [0, 0.05) is 29.1 Å². The van der Waals surface area contributed by atoms with Crippen LogP contribution in [0.5, 0.6) is 11.6 Å². The lowest BCUT2D eigenvalue weighted by Gasteiger charge is -2.07. The molecule has 0 bridgehead atoms. The fourth-order valence-corrected chi connectivity index (χ4v) is 5.10. The highest BCUT2D eigenvalue weighted by Crippen LogP contribution is 2.28. The molecule has 0 aliphatic heterocycles. The number of nitrogens with one attached hydrogen (secondary N) is 1. The van der Waals surface area contributed by atoms with E-state index in [-0.39, 0.29) is 12.5 Å². The summed E-state index contributed by atoms with van der Waals surface area (Å²) in [6.07, 6.45) is 1.94. The van der Waals surface area contributed by atoms with Gasteiger partial charge in [-0.2, -0.15) is 4.52 Å². The molecule has 0 atom stereocenters. The molecular weight excluding hydrogens is 502 g/mol. The number of aryl methyl sites for hydroxylation is 1. The number of fused-ring (bicyclic) bond motifs is 2. The van der Waals surface area contributed by atoms with Crippen LogP contribution in [0.25, 0.3) is 33.3 Å². The summed E-state index contributed by atoms with van der Waals surface area (Å²) in [5.74, 6) is 1.68. The number of methoxy groups -OCH3 is 1. The van der Waals surface area contributed by atoms with Crippen LogP contribution in [0.4, 0.5) is 0 Å². The van der Waals surface area contributed by atoms with E-state index in [9.17, 15) is 4.79 Å². The summed E-state index contributed by atoms with van der Waals surface area (Å²) in [7, 11) is 1.64. The van der Waals surface area contributed by atoms with Crippen LogP contribution in [-0.2, 0) is 0 Å². The first-order valence-electron chi connectivity index (χ1n) is 11.9. The molecule has 1 amide bonds. The van der Waals surface area contributed by atoms with E-state index in [0.29, 0.717) is 28.8 Å². The minimum Gasteiger partial charge on any atom is -0.497 e. The van der Waals surface area contributed by atoms with Gasteiger partial charge in [-0.25, -0.2) is 4.98 Å². The van der Waals surface area contributed by atoms with Gasteiger partial charge in [0.2, 0.25) is 5.88 Å². The summed E-state index contributed by atoms with van der Waals surface area (Å²) >= 11 is 1.36. The number of imidazole rings is 1. The molecule has 0 radical (unpaired) electrons. The van der Waals surface area contributed by atoms with Crippen LogP contribution in [0.15, 0.2) is 72.9 Å². The summed E-state index contributed by atoms with van der Waals surface area (Å²) in [5.41, 5.74) is 4.20. The Hall–Kier alpha value is -4.77. The average Bonchev–Trinajstić information content (AvgIpc) is 3.65. The molecule has 6 rings (SSSR count). The molecule has 11 heteroatoms. The summed E-state index contributed by atoms with van der Waals surface area (Å²) in [4.78, 5) is 18.9. The van der Waals surface area contributed by atoms with Gasteiger partial charge in [0.1, 0.15) is 17.2 Å². The Morgan fingerprint density at radius 2 is 1.82 bits per heavy atom. The molecule has 4 heterocycles. The van der Waals surface area contributed by atoms with Crippen LogP contribution >= 0.6 is 11.3 Å². The Labute approximate surface area is 221 Å². The molecule has 0 saturated heterocycles. The highest BCUT2D eigenvalue weighted by Gasteiger charge is 2.18. The Balaban J connectivity index is 1.09. The summed E-state index contributed by atoms with van der Waals surface area (Å²) in [5, 5.41) is 15.8. The number of nitrogens with zero attached hydrogens (tertiary/aromatic N) is 6. The third-order valence-electron chi connectivity index (χ3n) is 6.06. The molecule has 38 heavy (non-hydrogen) atoms. The first kappa shape index (κ1) is 23.6. The van der Waals surface area contributed by atoms with Crippen molar-refractivity contribution >= 4 is 27.9 Å². The van der Waals surface area contributed by atoms with Crippen molar-refractivity contribution in [3.63, 3.8) is 0 Å². The van der Waals surface area contributed by atoms with Crippen molar-refractivity contribution < 1.29 is 14.3 Å². The number of aromatic nitrogens is 6. The highest BCUT2D eigenvalue weighted by molar-refractivity contribution is 7.19. The van der Waals surface area contributed by atoms with E-state index in [2.05, 4.69) is 20.6 Å². The predicted molar refractivity (Wildman–Crippen MR) is 144 cm³/mol. The normalized spacial score (nSPS) is 11.2. The topological polar surface area (TPSA) is 108 Å². The number of benzene rings is 2. The lowest BCUT2D eigenvalue weighted by Crippen LogP contribution is -2.28. The van der Waals surface area contributed by atoms with Gasteiger partial charge in [-0.1, -0.05) is 41.7 Å². The number of rotatable bonds is 8. The number of carbonyl (C=O) groups is 1. The van der Waals surface area contributed by atoms with Crippen LogP contribution in [0.1, 0.15) is 15.4 Å². The maximum Gasteiger partial charge on any atom is 0.263 e. The van der Waals surface area contributed by atoms with Crippen LogP contribution in [0.3, 0.4) is 0 Å². The molecule has 0 aliphatic carbocycles. The summed E-state index contributed by atoms with van der Waals surface area (Å²) in [6, 6.07) is 21.0. The molecule has 1 N–H and O–H groups in total. The zero-order valence-corrected chi connectivity index (χ0v) is 21.5. The van der Waals surface area contributed by atoms with E-state index in [0.717, 1.165) is 33.2 Å². The number of ether oxygens (including phenoxy) is 2. The van der Waals surface area contributed by atoms with Gasteiger partial charge < -0.3 is 14.8 Å². The van der Waals surface area contributed by atoms with E-state index >= 15 is 0 Å². The standard InChI is InChI=1S/C27H23N7O3S/c1-17-24(38-27-29-21(16-33(17)27)18-8-10-20(36-2)11-9-18)26(35)28-14-15-37-23-13-12-22-30-31-25(34(22)32-23)19-6-4-3-5-7-19/h3-13,16H,14-15H2,1-2H3,(H,28,35). The Kier molecular flexibility index (Phi) is 6.18. The van der Waals surface area contributed by atoms with Gasteiger partial charge in [0.15, 0.2) is 16.4 Å². The number of thiazole rings is 1. The molecule has 0 aliphatic rings. The Bertz CT molecular complexity index is 1740. The molecular formula is C27H23N7O3S. The molecule has 0 saturated carbocycles. The number of amides is 1. The largest absolute Gasteiger partial charge is 0.497 e. The SMILES string of the molecule is COc1ccc(-c2cn3c(C)c(C(=O)NCCOc4ccc5nnc(-c6ccccc6)n5n4)sc3n2)cc1. The van der Waals surface area contributed by atoms with Crippen LogP contribution in [-0.4, -0.2) is 55.4 Å². The monoisotopic (exact) mass is 525 g/mol. The first-order chi connectivity index (χ1) is 18.6. The molecule has 190 valence electrons. The van der Waals surface area contributed by atoms with Crippen molar-refractivity contribution in [2.75, 3.05) is 20.3 Å². The van der Waals surface area contributed by atoms with Gasteiger partial charge in [0.25, 0.3) is 5.91 Å². The third-order valence-corrected chi connectivity index (χ3v) is 7.21. The lowest BCUT2D eigenvalue weighted by atomic mass is 10.2. The minimum absolute atomic E-state index is 0.166. The van der Waals surface area contributed by atoms with E-state index < -0.39 is 0 Å². The second-order valence-corrected chi connectivity index (χ2v) is 9.44. The number of hydrogen-bond acceptors (Lipinski definition) is 8. The van der Waals surface area contributed by atoms with E-state index in [4.69, 9.17) is 14.5 Å². The molecule has 0 spiro atoms. The van der Waals surface area contributed by atoms with Gasteiger partial charge in [0.05, 0.1) is 19.3 Å². The van der Waals surface area contributed by atoms with Crippen LogP contribution < -0.4 is 14.8 Å². The Morgan fingerprint density at radius 3 is 2.58 bits per heavy atom. The van der Waals surface area contributed by atoms with Gasteiger partial charge in [-0.15, -0.1) is 15.3 Å². The Morgan fingerprint density at radius 1 is 1.00 bits per heavy atom. The maximum atomic E-state index is 12.9. The summed E-state index contributed by atoms with van der Waals surface area (Å²) in [6.45, 7) is 2.50. The predicted octanol–water partition coefficient (Wildman–Crippen LogP) is 4.29. The zero-order chi connectivity index (χ0) is 26.1. The minimum atomic E-state index is -0.166. The van der Waals surface area contributed by atoms with Crippen molar-refractivity contribution in [1.82, 2.24) is 34.5 Å². The highest BCUT2D eigenvalue weighted by atomic mass is 32.1. The van der Waals surface area contributed by atoms with E-state index in [1.165, 1.54) is 11.3 Å². The second-order valence-electron chi connectivity index (χ2n) is 8.46. The van der Waals surface area contributed by atoms with Gasteiger partial charge in [-0.3, -0.25) is 9.20 Å². The smallest absolute Gasteiger partial charge is 0.263 e. The summed E-state index contributed by atoms with van der Waals surface area (Å²) < 4.78 is 14.6. The van der Waals surface area contributed by atoms with E-state index in [1.54, 1.807) is 23.8 Å². The molecule has 6 aromatic rings. The quantitative estimate of drug-likeness (QED) is 0.295. The lowest BCUT2D eigenvalue weighted by molar-refractivity contribution is 0.0949. The van der Waals surface area contributed by atoms with Crippen molar-refractivity contribution in [2.45, 2.75) is 6.92 Å². The van der Waals surface area contributed by atoms with Crippen molar-refractivity contribution in [2.24, 2.45) is 0 Å². The second kappa shape index (κ2) is 9.94. The van der Waals surface area contributed by atoms with Crippen LogP contribution in [0.2, 0.25) is 0 Å². The van der Waals surface area contributed by atoms with Crippen molar-refractivity contribution in [1.29, 1.82) is 0 Å². The molecule has 10 nitrogen and oxygen atoms in total. The number of hydrogen-bond donors (Lipinski definition) is 1. The molecule has 2 aromatic carbocycles. The van der Waals surface area contributed by atoms with Crippen LogP contribution in [0, 0.1) is 6.92 Å². The first-order valence-corrected chi connectivity index (χ1v) is 12.7. The van der Waals surface area contributed by atoms with Gasteiger partial charge >= 0.3 is 0 Å². The van der Waals surface area contributed by atoms with Gasteiger partial charge in [-0.05, 0) is 37.3 Å².